The van der Waals surface area contributed by atoms with E-state index in [1.807, 2.05) is 6.07 Å². The molecule has 1 aromatic carbocycles. The van der Waals surface area contributed by atoms with Crippen LogP contribution in [0.25, 0.3) is 0 Å². The van der Waals surface area contributed by atoms with Gasteiger partial charge in [0, 0.05) is 25.4 Å². The largest absolute Gasteiger partial charge is 0.460 e. The van der Waals surface area contributed by atoms with E-state index in [-0.39, 0.29) is 24.9 Å². The number of amides is 2. The number of halogens is 2. The molecule has 0 N–H and O–H groups in total. The van der Waals surface area contributed by atoms with Crippen molar-refractivity contribution in [3.05, 3.63) is 48.2 Å². The summed E-state index contributed by atoms with van der Waals surface area (Å²) in [5.41, 5.74) is -0.652. The van der Waals surface area contributed by atoms with Gasteiger partial charge in [-0.15, -0.1) is 0 Å². The highest BCUT2D eigenvalue weighted by Crippen LogP contribution is 2.44. The first-order chi connectivity index (χ1) is 17.7. The molecule has 0 saturated carbocycles. The lowest BCUT2D eigenvalue weighted by Gasteiger charge is -2.28. The van der Waals surface area contributed by atoms with Crippen molar-refractivity contribution in [3.63, 3.8) is 0 Å². The van der Waals surface area contributed by atoms with Gasteiger partial charge in [-0.1, -0.05) is 30.3 Å². The van der Waals surface area contributed by atoms with Gasteiger partial charge >= 0.3 is 12.1 Å². The highest BCUT2D eigenvalue weighted by Gasteiger charge is 2.64. The van der Waals surface area contributed by atoms with E-state index in [1.54, 1.807) is 75.8 Å². The van der Waals surface area contributed by atoms with Gasteiger partial charge in [-0.05, 0) is 46.6 Å². The van der Waals surface area contributed by atoms with E-state index in [1.165, 1.54) is 4.90 Å². The van der Waals surface area contributed by atoms with Crippen molar-refractivity contribution in [2.75, 3.05) is 18.0 Å². The van der Waals surface area contributed by atoms with Gasteiger partial charge in [0.25, 0.3) is 5.92 Å². The number of aryl methyl sites for hydroxylation is 1. The summed E-state index contributed by atoms with van der Waals surface area (Å²) in [7, 11) is 0. The Bertz CT molecular complexity index is 1190. The molecular formula is C27H34F2N4O5. The van der Waals surface area contributed by atoms with Crippen LogP contribution in [0, 0.1) is 11.3 Å². The Labute approximate surface area is 220 Å². The zero-order valence-corrected chi connectivity index (χ0v) is 22.3. The second kappa shape index (κ2) is 9.99. The Morgan fingerprint density at radius 2 is 1.79 bits per heavy atom. The lowest BCUT2D eigenvalue weighted by molar-refractivity contribution is -0.166. The van der Waals surface area contributed by atoms with E-state index in [9.17, 15) is 23.2 Å². The summed E-state index contributed by atoms with van der Waals surface area (Å²) in [6.45, 7) is 8.29. The summed E-state index contributed by atoms with van der Waals surface area (Å²) in [6.07, 6.45) is 1.17. The fraction of sp³-hybridized carbons (Fsp3) is 0.556. The quantitative estimate of drug-likeness (QED) is 0.495. The molecule has 2 aromatic rings. The summed E-state index contributed by atoms with van der Waals surface area (Å²) < 4.78 is 42.1. The van der Waals surface area contributed by atoms with Gasteiger partial charge in [-0.3, -0.25) is 24.1 Å². The van der Waals surface area contributed by atoms with Gasteiger partial charge in [0.2, 0.25) is 5.91 Å². The van der Waals surface area contributed by atoms with Crippen LogP contribution < -0.4 is 4.90 Å². The summed E-state index contributed by atoms with van der Waals surface area (Å²) >= 11 is 0. The van der Waals surface area contributed by atoms with Crippen LogP contribution in [0.4, 0.5) is 19.4 Å². The van der Waals surface area contributed by atoms with Crippen LogP contribution in [-0.2, 0) is 32.2 Å². The number of hydrogen-bond donors (Lipinski definition) is 0. The molecule has 1 aromatic heterocycles. The molecule has 9 nitrogen and oxygen atoms in total. The van der Waals surface area contributed by atoms with Crippen molar-refractivity contribution in [2.24, 2.45) is 11.3 Å². The molecule has 0 unspecified atom stereocenters. The number of hydrogen-bond acceptors (Lipinski definition) is 6. The number of anilines is 1. The molecule has 0 aliphatic carbocycles. The minimum absolute atomic E-state index is 0.0547. The van der Waals surface area contributed by atoms with Crippen molar-refractivity contribution in [1.29, 1.82) is 0 Å². The van der Waals surface area contributed by atoms with E-state index in [4.69, 9.17) is 9.47 Å². The van der Waals surface area contributed by atoms with Gasteiger partial charge in [0.1, 0.15) is 18.1 Å². The molecule has 0 spiro atoms. The van der Waals surface area contributed by atoms with Crippen LogP contribution in [0.3, 0.4) is 0 Å². The topological polar surface area (TPSA) is 94.0 Å². The van der Waals surface area contributed by atoms with Crippen molar-refractivity contribution >= 4 is 23.8 Å². The van der Waals surface area contributed by atoms with E-state index in [0.29, 0.717) is 13.0 Å². The summed E-state index contributed by atoms with van der Waals surface area (Å²) in [4.78, 5) is 40.4. The normalized spacial score (nSPS) is 21.0. The maximum absolute atomic E-state index is 14.9. The number of likely N-dealkylation sites (tertiary alicyclic amines) is 1. The number of carbonyl (C=O) groups excluding carboxylic acids is 3. The monoisotopic (exact) mass is 532 g/mol. The van der Waals surface area contributed by atoms with Crippen LogP contribution in [0.1, 0.15) is 46.6 Å². The minimum atomic E-state index is -3.39. The fourth-order valence-corrected chi connectivity index (χ4v) is 4.64. The van der Waals surface area contributed by atoms with Crippen molar-refractivity contribution < 1.29 is 32.6 Å². The maximum atomic E-state index is 14.9. The first kappa shape index (κ1) is 27.5. The summed E-state index contributed by atoms with van der Waals surface area (Å²) in [5, 5.41) is 4.39. The summed E-state index contributed by atoms with van der Waals surface area (Å²) in [6, 6.07) is 9.45. The predicted octanol–water partition coefficient (Wildman–Crippen LogP) is 4.26. The van der Waals surface area contributed by atoms with Crippen LogP contribution in [0.2, 0.25) is 0 Å². The molecule has 38 heavy (non-hydrogen) atoms. The minimum Gasteiger partial charge on any atom is -0.460 e. The Hall–Kier alpha value is -3.50. The Kier molecular flexibility index (Phi) is 7.24. The first-order valence-corrected chi connectivity index (χ1v) is 12.6. The molecule has 0 bridgehead atoms. The molecular weight excluding hydrogens is 498 g/mol. The standard InChI is InChI=1S/C27H34F2N4O5/c1-25(2,3)38-23(35)26(4,5)12-14-31-13-11-20(30-31)32-15-19-21(22(32)34)27(28,29)17-33(19)24(36)37-16-18-9-7-6-8-10-18/h6-11,13,19,21H,12,14-17H2,1-5H3/t19-,21-/m0/s1. The number of carbonyl (C=O) groups is 3. The van der Waals surface area contributed by atoms with Crippen LogP contribution in [0.5, 0.6) is 0 Å². The second-order valence-electron chi connectivity index (χ2n) is 11.5. The van der Waals surface area contributed by atoms with Crippen molar-refractivity contribution in [1.82, 2.24) is 14.7 Å². The first-order valence-electron chi connectivity index (χ1n) is 12.6. The third-order valence-corrected chi connectivity index (χ3v) is 6.78. The number of alkyl halides is 2. The maximum Gasteiger partial charge on any atom is 0.410 e. The molecule has 11 heteroatoms. The lowest BCUT2D eigenvalue weighted by atomic mass is 9.89. The predicted molar refractivity (Wildman–Crippen MR) is 134 cm³/mol. The molecule has 2 amide bonds. The molecule has 4 rings (SSSR count). The van der Waals surface area contributed by atoms with Gasteiger partial charge in [0.15, 0.2) is 5.82 Å². The highest BCUT2D eigenvalue weighted by molar-refractivity contribution is 5.99. The number of ether oxygens (including phenoxy) is 2. The molecule has 2 saturated heterocycles. The van der Waals surface area contributed by atoms with Crippen molar-refractivity contribution in [2.45, 2.75) is 71.8 Å². The SMILES string of the molecule is CC(C)(C)OC(=O)C(C)(C)CCn1ccc(N2C[C@H]3[C@@H](C2=O)C(F)(F)CN3C(=O)OCc2ccccc2)n1. The Balaban J connectivity index is 1.41. The molecule has 2 aliphatic heterocycles. The lowest BCUT2D eigenvalue weighted by Crippen LogP contribution is -2.41. The molecule has 2 aliphatic rings. The number of nitrogens with zero attached hydrogens (tertiary/aromatic N) is 4. The molecule has 2 fully saturated rings. The average molecular weight is 533 g/mol. The van der Waals surface area contributed by atoms with Crippen molar-refractivity contribution in [3.8, 4) is 0 Å². The van der Waals surface area contributed by atoms with Gasteiger partial charge in [-0.25, -0.2) is 13.6 Å². The molecule has 3 heterocycles. The third-order valence-electron chi connectivity index (χ3n) is 6.78. The van der Waals surface area contributed by atoms with E-state index in [2.05, 4.69) is 5.10 Å². The van der Waals surface area contributed by atoms with E-state index >= 15 is 0 Å². The van der Waals surface area contributed by atoms with Gasteiger partial charge < -0.3 is 9.47 Å². The van der Waals surface area contributed by atoms with E-state index < -0.39 is 47.4 Å². The number of benzene rings is 1. The second-order valence-corrected chi connectivity index (χ2v) is 11.5. The van der Waals surface area contributed by atoms with Crippen LogP contribution in [0.15, 0.2) is 42.6 Å². The summed E-state index contributed by atoms with van der Waals surface area (Å²) in [5.74, 6) is -5.95. The number of fused-ring (bicyclic) bond motifs is 1. The zero-order valence-electron chi connectivity index (χ0n) is 22.3. The van der Waals surface area contributed by atoms with E-state index in [0.717, 1.165) is 10.5 Å². The molecule has 0 radical (unpaired) electrons. The molecule has 206 valence electrons. The zero-order chi connectivity index (χ0) is 27.9. The number of rotatable bonds is 7. The smallest absolute Gasteiger partial charge is 0.410 e. The van der Waals surface area contributed by atoms with Crippen LogP contribution in [-0.4, -0.2) is 63.3 Å². The third kappa shape index (κ3) is 5.81. The van der Waals surface area contributed by atoms with Crippen LogP contribution >= 0.6 is 0 Å². The number of aromatic nitrogens is 2. The molecule has 2 atom stereocenters. The van der Waals surface area contributed by atoms with Gasteiger partial charge in [0.05, 0.1) is 18.0 Å². The Morgan fingerprint density at radius 1 is 1.11 bits per heavy atom. The highest BCUT2D eigenvalue weighted by atomic mass is 19.3. The fourth-order valence-electron chi connectivity index (χ4n) is 4.64. The Morgan fingerprint density at radius 3 is 2.45 bits per heavy atom. The van der Waals surface area contributed by atoms with Gasteiger partial charge in [-0.2, -0.15) is 5.10 Å². The average Bonchev–Trinajstić information content (AvgIpc) is 3.50. The number of esters is 1.